The van der Waals surface area contributed by atoms with E-state index in [-0.39, 0.29) is 31.0 Å². The van der Waals surface area contributed by atoms with Crippen molar-refractivity contribution in [3.8, 4) is 5.75 Å². The first-order chi connectivity index (χ1) is 16.9. The van der Waals surface area contributed by atoms with E-state index >= 15 is 0 Å². The molecule has 2 atom stereocenters. The molecule has 1 N–H and O–H groups in total. The van der Waals surface area contributed by atoms with Crippen LogP contribution < -0.4 is 10.1 Å². The van der Waals surface area contributed by atoms with E-state index in [9.17, 15) is 9.59 Å². The normalized spacial score (nSPS) is 12.5. The number of nitrogens with one attached hydrogen (secondary N) is 1. The van der Waals surface area contributed by atoms with E-state index in [0.29, 0.717) is 27.8 Å². The molecule has 0 bridgehead atoms. The number of para-hydroxylation sites is 1. The molecular formula is C28H30Cl2N2O3. The summed E-state index contributed by atoms with van der Waals surface area (Å²) in [5, 5.41) is 3.90. The minimum atomic E-state index is -0.786. The SMILES string of the molecule is CC[C@@H](C)NC(=O)[C@@H](Cc1ccccc1)N(Cc1c(Cl)cccc1Cl)C(=O)COc1ccccc1. The molecule has 5 nitrogen and oxygen atoms in total. The topological polar surface area (TPSA) is 58.6 Å². The second kappa shape index (κ2) is 13.2. The zero-order chi connectivity index (χ0) is 25.2. The summed E-state index contributed by atoms with van der Waals surface area (Å²) in [5.74, 6) is -0.00949. The van der Waals surface area contributed by atoms with E-state index in [2.05, 4.69) is 5.32 Å². The van der Waals surface area contributed by atoms with E-state index in [1.807, 2.05) is 62.4 Å². The monoisotopic (exact) mass is 512 g/mol. The predicted molar refractivity (Wildman–Crippen MR) is 141 cm³/mol. The van der Waals surface area contributed by atoms with Gasteiger partial charge < -0.3 is 15.0 Å². The molecule has 7 heteroatoms. The lowest BCUT2D eigenvalue weighted by atomic mass is 10.0. The average Bonchev–Trinajstić information content (AvgIpc) is 2.87. The van der Waals surface area contributed by atoms with E-state index in [0.717, 1.165) is 12.0 Å². The summed E-state index contributed by atoms with van der Waals surface area (Å²) >= 11 is 12.9. The molecule has 3 rings (SSSR count). The van der Waals surface area contributed by atoms with Crippen molar-refractivity contribution in [2.24, 2.45) is 0 Å². The third-order valence-electron chi connectivity index (χ3n) is 5.77. The molecule has 0 saturated heterocycles. The van der Waals surface area contributed by atoms with Gasteiger partial charge in [-0.25, -0.2) is 0 Å². The lowest BCUT2D eigenvalue weighted by molar-refractivity contribution is -0.143. The molecule has 0 radical (unpaired) electrons. The van der Waals surface area contributed by atoms with Crippen LogP contribution in [0.15, 0.2) is 78.9 Å². The van der Waals surface area contributed by atoms with Crippen LogP contribution in [0.25, 0.3) is 0 Å². The van der Waals surface area contributed by atoms with E-state index in [1.165, 1.54) is 4.90 Å². The number of hydrogen-bond acceptors (Lipinski definition) is 3. The molecule has 0 saturated carbocycles. The molecule has 3 aromatic carbocycles. The molecule has 184 valence electrons. The summed E-state index contributed by atoms with van der Waals surface area (Å²) in [4.78, 5) is 28.6. The first-order valence-corrected chi connectivity index (χ1v) is 12.4. The van der Waals surface area contributed by atoms with Crippen molar-refractivity contribution < 1.29 is 14.3 Å². The molecule has 0 unspecified atom stereocenters. The van der Waals surface area contributed by atoms with Gasteiger partial charge in [-0.15, -0.1) is 0 Å². The van der Waals surface area contributed by atoms with Gasteiger partial charge in [0.05, 0.1) is 0 Å². The van der Waals surface area contributed by atoms with Crippen LogP contribution in [0.1, 0.15) is 31.4 Å². The van der Waals surface area contributed by atoms with Crippen molar-refractivity contribution in [1.29, 1.82) is 0 Å². The second-order valence-corrected chi connectivity index (χ2v) is 9.16. The van der Waals surface area contributed by atoms with Gasteiger partial charge in [0.2, 0.25) is 5.91 Å². The Labute approximate surface area is 217 Å². The van der Waals surface area contributed by atoms with E-state index < -0.39 is 6.04 Å². The standard InChI is InChI=1S/C28H30Cl2N2O3/c1-3-20(2)31-28(34)26(17-21-11-6-4-7-12-21)32(18-23-24(29)15-10-16-25(23)30)27(33)19-35-22-13-8-5-9-14-22/h4-16,20,26H,3,17-19H2,1-2H3,(H,31,34)/t20-,26-/m1/s1. The van der Waals surface area contributed by atoms with E-state index in [4.69, 9.17) is 27.9 Å². The van der Waals surface area contributed by atoms with Crippen molar-refractivity contribution in [3.63, 3.8) is 0 Å². The van der Waals surface area contributed by atoms with Crippen LogP contribution in [-0.4, -0.2) is 35.4 Å². The van der Waals surface area contributed by atoms with Gasteiger partial charge in [0.1, 0.15) is 11.8 Å². The number of ether oxygens (including phenoxy) is 1. The van der Waals surface area contributed by atoms with Crippen molar-refractivity contribution in [1.82, 2.24) is 10.2 Å². The molecule has 0 spiro atoms. The quantitative estimate of drug-likeness (QED) is 0.346. The molecule has 0 aromatic heterocycles. The molecule has 2 amide bonds. The number of halogens is 2. The third kappa shape index (κ3) is 7.74. The number of nitrogens with zero attached hydrogens (tertiary/aromatic N) is 1. The maximum atomic E-state index is 13.6. The molecule has 0 aliphatic heterocycles. The Bertz CT molecular complexity index is 1090. The Kier molecular flexibility index (Phi) is 10.0. The Hall–Kier alpha value is -3.02. The fourth-order valence-corrected chi connectivity index (χ4v) is 4.11. The highest BCUT2D eigenvalue weighted by Gasteiger charge is 2.32. The van der Waals surface area contributed by atoms with Gasteiger partial charge in [-0.1, -0.05) is 84.7 Å². The highest BCUT2D eigenvalue weighted by Crippen LogP contribution is 2.27. The minimum Gasteiger partial charge on any atom is -0.484 e. The van der Waals surface area contributed by atoms with Crippen LogP contribution in [0.4, 0.5) is 0 Å². The van der Waals surface area contributed by atoms with Gasteiger partial charge in [-0.3, -0.25) is 9.59 Å². The van der Waals surface area contributed by atoms with Gasteiger partial charge in [0, 0.05) is 34.6 Å². The molecular weight excluding hydrogens is 483 g/mol. The minimum absolute atomic E-state index is 0.0396. The zero-order valence-electron chi connectivity index (χ0n) is 19.9. The maximum Gasteiger partial charge on any atom is 0.261 e. The van der Waals surface area contributed by atoms with Crippen LogP contribution in [0, 0.1) is 0 Å². The summed E-state index contributed by atoms with van der Waals surface area (Å²) in [6.45, 7) is 3.78. The lowest BCUT2D eigenvalue weighted by Gasteiger charge is -2.32. The number of carbonyl (C=O) groups is 2. The Morgan fingerprint density at radius 1 is 0.914 bits per heavy atom. The van der Waals surface area contributed by atoms with Crippen LogP contribution >= 0.6 is 23.2 Å². The van der Waals surface area contributed by atoms with Crippen molar-refractivity contribution in [2.75, 3.05) is 6.61 Å². The molecule has 35 heavy (non-hydrogen) atoms. The van der Waals surface area contributed by atoms with Crippen molar-refractivity contribution >= 4 is 35.0 Å². The molecule has 0 heterocycles. The zero-order valence-corrected chi connectivity index (χ0v) is 21.4. The molecule has 0 aliphatic rings. The van der Waals surface area contributed by atoms with Crippen LogP contribution in [0.3, 0.4) is 0 Å². The number of rotatable bonds is 11. The highest BCUT2D eigenvalue weighted by atomic mass is 35.5. The van der Waals surface area contributed by atoms with Gasteiger partial charge in [0.25, 0.3) is 5.91 Å². The number of benzene rings is 3. The van der Waals surface area contributed by atoms with E-state index in [1.54, 1.807) is 30.3 Å². The van der Waals surface area contributed by atoms with Crippen LogP contribution in [-0.2, 0) is 22.6 Å². The van der Waals surface area contributed by atoms with Crippen molar-refractivity contribution in [3.05, 3.63) is 100 Å². The fourth-order valence-electron chi connectivity index (χ4n) is 3.59. The van der Waals surface area contributed by atoms with Gasteiger partial charge in [-0.2, -0.15) is 0 Å². The van der Waals surface area contributed by atoms with Crippen LogP contribution in [0.2, 0.25) is 10.0 Å². The first kappa shape index (κ1) is 26.6. The van der Waals surface area contributed by atoms with Crippen molar-refractivity contribution in [2.45, 2.75) is 45.3 Å². The smallest absolute Gasteiger partial charge is 0.261 e. The summed E-state index contributed by atoms with van der Waals surface area (Å²) in [7, 11) is 0. The molecule has 3 aromatic rings. The second-order valence-electron chi connectivity index (χ2n) is 8.35. The maximum absolute atomic E-state index is 13.6. The number of amides is 2. The average molecular weight is 513 g/mol. The summed E-state index contributed by atoms with van der Waals surface area (Å²) in [6.07, 6.45) is 1.10. The van der Waals surface area contributed by atoms with Gasteiger partial charge >= 0.3 is 0 Å². The molecule has 0 aliphatic carbocycles. The number of carbonyl (C=O) groups excluding carboxylic acids is 2. The Balaban J connectivity index is 1.96. The first-order valence-electron chi connectivity index (χ1n) is 11.6. The summed E-state index contributed by atoms with van der Waals surface area (Å²) in [5.41, 5.74) is 1.52. The van der Waals surface area contributed by atoms with Gasteiger partial charge in [-0.05, 0) is 43.2 Å². The van der Waals surface area contributed by atoms with Crippen LogP contribution in [0.5, 0.6) is 5.75 Å². The Morgan fingerprint density at radius 2 is 1.51 bits per heavy atom. The predicted octanol–water partition coefficient (Wildman–Crippen LogP) is 5.93. The lowest BCUT2D eigenvalue weighted by Crippen LogP contribution is -2.53. The summed E-state index contributed by atoms with van der Waals surface area (Å²) in [6, 6.07) is 23.1. The third-order valence-corrected chi connectivity index (χ3v) is 6.48. The fraction of sp³-hybridized carbons (Fsp3) is 0.286. The summed E-state index contributed by atoms with van der Waals surface area (Å²) < 4.78 is 5.74. The Morgan fingerprint density at radius 3 is 2.11 bits per heavy atom. The highest BCUT2D eigenvalue weighted by molar-refractivity contribution is 6.36. The number of hydrogen-bond donors (Lipinski definition) is 1. The van der Waals surface area contributed by atoms with Gasteiger partial charge in [0.15, 0.2) is 6.61 Å². The largest absolute Gasteiger partial charge is 0.484 e. The molecule has 0 fully saturated rings.